The van der Waals surface area contributed by atoms with E-state index in [1.807, 2.05) is 19.1 Å². The lowest BCUT2D eigenvalue weighted by Gasteiger charge is -2.09. The third-order valence-electron chi connectivity index (χ3n) is 2.84. The summed E-state index contributed by atoms with van der Waals surface area (Å²) in [5, 5.41) is 2.85. The van der Waals surface area contributed by atoms with E-state index in [1.165, 1.54) is 0 Å². The molecular formula is C15H13Br2NO2. The van der Waals surface area contributed by atoms with Crippen molar-refractivity contribution in [1.82, 2.24) is 0 Å². The topological polar surface area (TPSA) is 38.3 Å². The molecule has 0 bridgehead atoms. The Kier molecular flexibility index (Phi) is 4.83. The van der Waals surface area contributed by atoms with Gasteiger partial charge in [-0.3, -0.25) is 4.79 Å². The summed E-state index contributed by atoms with van der Waals surface area (Å²) < 4.78 is 6.86. The molecule has 1 amide bonds. The number of carbonyl (C=O) groups excluding carboxylic acids is 1. The summed E-state index contributed by atoms with van der Waals surface area (Å²) in [5.41, 5.74) is 2.41. The SMILES string of the molecule is COc1ccc(NC(=O)c2ccc(C)c(Br)c2)cc1Br. The van der Waals surface area contributed by atoms with Gasteiger partial charge in [-0.05, 0) is 58.7 Å². The summed E-state index contributed by atoms with van der Waals surface area (Å²) >= 11 is 6.82. The van der Waals surface area contributed by atoms with Gasteiger partial charge in [0.25, 0.3) is 5.91 Å². The predicted molar refractivity (Wildman–Crippen MR) is 87.5 cm³/mol. The number of ether oxygens (including phenoxy) is 1. The first-order valence-electron chi connectivity index (χ1n) is 5.92. The first-order valence-corrected chi connectivity index (χ1v) is 7.51. The molecule has 0 spiro atoms. The molecule has 104 valence electrons. The molecule has 0 aliphatic heterocycles. The minimum Gasteiger partial charge on any atom is -0.496 e. The van der Waals surface area contributed by atoms with Crippen LogP contribution < -0.4 is 10.1 Å². The molecule has 0 aliphatic carbocycles. The van der Waals surface area contributed by atoms with Crippen LogP contribution in [-0.4, -0.2) is 13.0 Å². The number of nitrogens with one attached hydrogen (secondary N) is 1. The highest BCUT2D eigenvalue weighted by Gasteiger charge is 2.09. The van der Waals surface area contributed by atoms with Crippen LogP contribution in [0.2, 0.25) is 0 Å². The molecule has 2 aromatic carbocycles. The van der Waals surface area contributed by atoms with Crippen LogP contribution in [-0.2, 0) is 0 Å². The van der Waals surface area contributed by atoms with Gasteiger partial charge in [-0.25, -0.2) is 0 Å². The molecule has 0 atom stereocenters. The molecule has 20 heavy (non-hydrogen) atoms. The lowest BCUT2D eigenvalue weighted by atomic mass is 10.1. The average Bonchev–Trinajstić information content (AvgIpc) is 2.42. The Morgan fingerprint density at radius 3 is 2.45 bits per heavy atom. The summed E-state index contributed by atoms with van der Waals surface area (Å²) in [4.78, 5) is 12.2. The molecule has 1 N–H and O–H groups in total. The number of amides is 1. The second-order valence-corrected chi connectivity index (χ2v) is 5.98. The zero-order chi connectivity index (χ0) is 14.7. The van der Waals surface area contributed by atoms with Crippen LogP contribution in [0.3, 0.4) is 0 Å². The lowest BCUT2D eigenvalue weighted by Crippen LogP contribution is -2.12. The fourth-order valence-corrected chi connectivity index (χ4v) is 2.60. The molecule has 2 rings (SSSR count). The highest BCUT2D eigenvalue weighted by Crippen LogP contribution is 2.28. The lowest BCUT2D eigenvalue weighted by molar-refractivity contribution is 0.102. The maximum atomic E-state index is 12.2. The fraction of sp³-hybridized carbons (Fsp3) is 0.133. The molecule has 0 aromatic heterocycles. The standard InChI is InChI=1S/C15H13Br2NO2/c1-9-3-4-10(7-12(9)16)15(19)18-11-5-6-14(20-2)13(17)8-11/h3-8H,1-2H3,(H,18,19). The van der Waals surface area contributed by atoms with E-state index in [2.05, 4.69) is 37.2 Å². The van der Waals surface area contributed by atoms with Crippen LogP contribution in [0.1, 0.15) is 15.9 Å². The molecule has 0 saturated heterocycles. The minimum absolute atomic E-state index is 0.150. The van der Waals surface area contributed by atoms with E-state index in [4.69, 9.17) is 4.74 Å². The van der Waals surface area contributed by atoms with Crippen LogP contribution in [0.4, 0.5) is 5.69 Å². The van der Waals surface area contributed by atoms with Crippen LogP contribution in [0.25, 0.3) is 0 Å². The Morgan fingerprint density at radius 2 is 1.85 bits per heavy atom. The quantitative estimate of drug-likeness (QED) is 0.807. The Hall–Kier alpha value is -1.33. The smallest absolute Gasteiger partial charge is 0.255 e. The maximum absolute atomic E-state index is 12.2. The summed E-state index contributed by atoms with van der Waals surface area (Å²) in [6.45, 7) is 1.98. The van der Waals surface area contributed by atoms with Gasteiger partial charge in [0, 0.05) is 15.7 Å². The number of benzene rings is 2. The van der Waals surface area contributed by atoms with E-state index in [0.29, 0.717) is 11.3 Å². The second-order valence-electron chi connectivity index (χ2n) is 4.27. The number of carbonyl (C=O) groups is 1. The number of hydrogen-bond donors (Lipinski definition) is 1. The average molecular weight is 399 g/mol. The summed E-state index contributed by atoms with van der Waals surface area (Å²) in [6, 6.07) is 10.9. The molecule has 5 heteroatoms. The Balaban J connectivity index is 2.19. The molecule has 0 unspecified atom stereocenters. The predicted octanol–water partition coefficient (Wildman–Crippen LogP) is 4.78. The first kappa shape index (κ1) is 15.1. The number of hydrogen-bond acceptors (Lipinski definition) is 2. The number of methoxy groups -OCH3 is 1. The van der Waals surface area contributed by atoms with E-state index in [-0.39, 0.29) is 5.91 Å². The number of halogens is 2. The molecule has 0 radical (unpaired) electrons. The number of aryl methyl sites for hydroxylation is 1. The molecule has 0 saturated carbocycles. The van der Waals surface area contributed by atoms with Gasteiger partial charge in [0.05, 0.1) is 11.6 Å². The van der Waals surface area contributed by atoms with Gasteiger partial charge < -0.3 is 10.1 Å². The van der Waals surface area contributed by atoms with Crippen molar-refractivity contribution >= 4 is 43.5 Å². The molecule has 3 nitrogen and oxygen atoms in total. The summed E-state index contributed by atoms with van der Waals surface area (Å²) in [6.07, 6.45) is 0. The van der Waals surface area contributed by atoms with Crippen molar-refractivity contribution in [2.75, 3.05) is 12.4 Å². The molecule has 2 aromatic rings. The Labute approximate surface area is 134 Å². The van der Waals surface area contributed by atoms with Crippen molar-refractivity contribution in [3.05, 3.63) is 56.5 Å². The first-order chi connectivity index (χ1) is 9.51. The summed E-state index contributed by atoms with van der Waals surface area (Å²) in [5.74, 6) is 0.573. The minimum atomic E-state index is -0.150. The Bertz CT molecular complexity index is 656. The molecular weight excluding hydrogens is 386 g/mol. The van der Waals surface area contributed by atoms with Crippen LogP contribution >= 0.6 is 31.9 Å². The van der Waals surface area contributed by atoms with Gasteiger partial charge in [-0.15, -0.1) is 0 Å². The van der Waals surface area contributed by atoms with E-state index in [1.54, 1.807) is 31.4 Å². The van der Waals surface area contributed by atoms with Gasteiger partial charge in [-0.2, -0.15) is 0 Å². The second kappa shape index (κ2) is 6.41. The Morgan fingerprint density at radius 1 is 1.10 bits per heavy atom. The highest BCUT2D eigenvalue weighted by atomic mass is 79.9. The van der Waals surface area contributed by atoms with Gasteiger partial charge in [-0.1, -0.05) is 22.0 Å². The zero-order valence-electron chi connectivity index (χ0n) is 11.0. The normalized spacial score (nSPS) is 10.2. The number of anilines is 1. The van der Waals surface area contributed by atoms with Crippen LogP contribution in [0.15, 0.2) is 45.3 Å². The van der Waals surface area contributed by atoms with Gasteiger partial charge in [0.2, 0.25) is 0 Å². The van der Waals surface area contributed by atoms with E-state index in [9.17, 15) is 4.79 Å². The van der Waals surface area contributed by atoms with Crippen molar-refractivity contribution in [1.29, 1.82) is 0 Å². The van der Waals surface area contributed by atoms with Crippen molar-refractivity contribution in [3.8, 4) is 5.75 Å². The van der Waals surface area contributed by atoms with E-state index >= 15 is 0 Å². The van der Waals surface area contributed by atoms with E-state index in [0.717, 1.165) is 20.3 Å². The van der Waals surface area contributed by atoms with Crippen LogP contribution in [0.5, 0.6) is 5.75 Å². The fourth-order valence-electron chi connectivity index (χ4n) is 1.68. The monoisotopic (exact) mass is 397 g/mol. The third-order valence-corrected chi connectivity index (χ3v) is 4.32. The van der Waals surface area contributed by atoms with Crippen LogP contribution in [0, 0.1) is 6.92 Å². The third kappa shape index (κ3) is 3.41. The van der Waals surface area contributed by atoms with Crippen molar-refractivity contribution < 1.29 is 9.53 Å². The van der Waals surface area contributed by atoms with Gasteiger partial charge in [0.1, 0.15) is 5.75 Å². The van der Waals surface area contributed by atoms with Gasteiger partial charge >= 0.3 is 0 Å². The highest BCUT2D eigenvalue weighted by molar-refractivity contribution is 9.10. The van der Waals surface area contributed by atoms with Crippen molar-refractivity contribution in [2.24, 2.45) is 0 Å². The molecule has 0 aliphatic rings. The van der Waals surface area contributed by atoms with E-state index < -0.39 is 0 Å². The molecule has 0 fully saturated rings. The maximum Gasteiger partial charge on any atom is 0.255 e. The largest absolute Gasteiger partial charge is 0.496 e. The zero-order valence-corrected chi connectivity index (χ0v) is 14.2. The van der Waals surface area contributed by atoms with Gasteiger partial charge in [0.15, 0.2) is 0 Å². The number of rotatable bonds is 3. The summed E-state index contributed by atoms with van der Waals surface area (Å²) in [7, 11) is 1.60. The van der Waals surface area contributed by atoms with Crippen molar-refractivity contribution in [2.45, 2.75) is 6.92 Å². The molecule has 0 heterocycles. The van der Waals surface area contributed by atoms with Crippen molar-refractivity contribution in [3.63, 3.8) is 0 Å².